The topological polar surface area (TPSA) is 66.4 Å². The average Bonchev–Trinajstić information content (AvgIpc) is 2.43. The van der Waals surface area contributed by atoms with E-state index in [2.05, 4.69) is 5.32 Å². The number of amides is 1. The highest BCUT2D eigenvalue weighted by molar-refractivity contribution is 6.35. The number of carbonyl (C=O) groups excluding carboxylic acids is 1. The van der Waals surface area contributed by atoms with Crippen molar-refractivity contribution >= 4 is 29.2 Å². The first-order valence-electron chi connectivity index (χ1n) is 6.30. The third kappa shape index (κ3) is 3.23. The number of rotatable bonds is 3. The van der Waals surface area contributed by atoms with Crippen molar-refractivity contribution in [3.8, 4) is 0 Å². The largest absolute Gasteiger partial charge is 0.478 e. The maximum atomic E-state index is 12.2. The van der Waals surface area contributed by atoms with Crippen molar-refractivity contribution < 1.29 is 14.7 Å². The van der Waals surface area contributed by atoms with Crippen LogP contribution in [0.15, 0.2) is 36.4 Å². The van der Waals surface area contributed by atoms with Gasteiger partial charge in [-0.05, 0) is 43.2 Å². The lowest BCUT2D eigenvalue weighted by Gasteiger charge is -2.10. The molecule has 2 N–H and O–H groups in total. The molecule has 0 saturated carbocycles. The molecule has 0 aliphatic carbocycles. The van der Waals surface area contributed by atoms with Crippen LogP contribution in [0.5, 0.6) is 0 Å². The highest BCUT2D eigenvalue weighted by Gasteiger charge is 2.13. The highest BCUT2D eigenvalue weighted by atomic mass is 35.5. The van der Waals surface area contributed by atoms with Crippen molar-refractivity contribution in [3.05, 3.63) is 63.7 Å². The predicted octanol–water partition coefficient (Wildman–Crippen LogP) is 3.91. The second-order valence-electron chi connectivity index (χ2n) is 4.73. The van der Waals surface area contributed by atoms with Gasteiger partial charge in [0.15, 0.2) is 0 Å². The molecule has 0 aliphatic heterocycles. The van der Waals surface area contributed by atoms with Crippen LogP contribution in [-0.4, -0.2) is 17.0 Å². The summed E-state index contributed by atoms with van der Waals surface area (Å²) in [6.07, 6.45) is 0. The summed E-state index contributed by atoms with van der Waals surface area (Å²) in [5, 5.41) is 12.1. The maximum Gasteiger partial charge on any atom is 0.336 e. The molecule has 4 nitrogen and oxygen atoms in total. The number of carboxylic acids is 1. The van der Waals surface area contributed by atoms with Gasteiger partial charge < -0.3 is 10.4 Å². The molecule has 0 atom stereocenters. The first-order chi connectivity index (χ1) is 9.90. The van der Waals surface area contributed by atoms with Gasteiger partial charge in [-0.1, -0.05) is 29.8 Å². The summed E-state index contributed by atoms with van der Waals surface area (Å²) in [5.74, 6) is -1.40. The number of aryl methyl sites for hydroxylation is 2. The van der Waals surface area contributed by atoms with Crippen molar-refractivity contribution in [2.75, 3.05) is 5.32 Å². The molecule has 0 unspecified atom stereocenters. The Morgan fingerprint density at radius 3 is 2.43 bits per heavy atom. The minimum Gasteiger partial charge on any atom is -0.478 e. The number of aromatic carboxylic acids is 1. The summed E-state index contributed by atoms with van der Waals surface area (Å²) >= 11 is 6.11. The van der Waals surface area contributed by atoms with Crippen LogP contribution < -0.4 is 5.32 Å². The number of benzene rings is 2. The van der Waals surface area contributed by atoms with Gasteiger partial charge in [-0.25, -0.2) is 4.79 Å². The Hall–Kier alpha value is -2.33. The van der Waals surface area contributed by atoms with E-state index < -0.39 is 5.97 Å². The van der Waals surface area contributed by atoms with Crippen molar-refractivity contribution in [2.45, 2.75) is 13.8 Å². The molecule has 0 fully saturated rings. The quantitative estimate of drug-likeness (QED) is 0.903. The molecule has 2 aromatic rings. The van der Waals surface area contributed by atoms with E-state index in [0.717, 1.165) is 5.56 Å². The van der Waals surface area contributed by atoms with Crippen molar-refractivity contribution in [3.63, 3.8) is 0 Å². The third-order valence-corrected chi connectivity index (χ3v) is 3.66. The van der Waals surface area contributed by atoms with Gasteiger partial charge in [0.2, 0.25) is 0 Å². The van der Waals surface area contributed by atoms with E-state index in [1.165, 1.54) is 6.07 Å². The molecule has 0 bridgehead atoms. The van der Waals surface area contributed by atoms with E-state index in [4.69, 9.17) is 16.7 Å². The average molecular weight is 304 g/mol. The molecule has 5 heteroatoms. The standard InChI is InChI=1S/C16H14ClNO3/c1-9-6-7-11(8-13(9)16(20)21)18-15(19)12-5-3-4-10(2)14(12)17/h3-8H,1-2H3,(H,18,19)(H,20,21). The maximum absolute atomic E-state index is 12.2. The monoisotopic (exact) mass is 303 g/mol. The summed E-state index contributed by atoms with van der Waals surface area (Å²) in [4.78, 5) is 23.3. The Kier molecular flexibility index (Phi) is 4.29. The molecular formula is C16H14ClNO3. The zero-order valence-corrected chi connectivity index (χ0v) is 12.4. The summed E-state index contributed by atoms with van der Waals surface area (Å²) in [6.45, 7) is 3.51. The zero-order chi connectivity index (χ0) is 15.6. The van der Waals surface area contributed by atoms with Gasteiger partial charge in [0.1, 0.15) is 0 Å². The lowest BCUT2D eigenvalue weighted by molar-refractivity contribution is 0.0695. The number of hydrogen-bond acceptors (Lipinski definition) is 2. The molecule has 1 amide bonds. The Balaban J connectivity index is 2.30. The van der Waals surface area contributed by atoms with Crippen LogP contribution in [0.1, 0.15) is 31.8 Å². The lowest BCUT2D eigenvalue weighted by Crippen LogP contribution is -2.13. The van der Waals surface area contributed by atoms with E-state index >= 15 is 0 Å². The van der Waals surface area contributed by atoms with Gasteiger partial charge >= 0.3 is 5.97 Å². The van der Waals surface area contributed by atoms with Gasteiger partial charge in [0.25, 0.3) is 5.91 Å². The first-order valence-corrected chi connectivity index (χ1v) is 6.68. The second-order valence-corrected chi connectivity index (χ2v) is 5.10. The Bertz CT molecular complexity index is 725. The van der Waals surface area contributed by atoms with Crippen LogP contribution in [0.3, 0.4) is 0 Å². The fourth-order valence-electron chi connectivity index (χ4n) is 1.95. The molecule has 2 aromatic carbocycles. The highest BCUT2D eigenvalue weighted by Crippen LogP contribution is 2.22. The van der Waals surface area contributed by atoms with E-state index in [9.17, 15) is 9.59 Å². The molecule has 108 valence electrons. The molecule has 0 aromatic heterocycles. The summed E-state index contributed by atoms with van der Waals surface area (Å²) < 4.78 is 0. The Morgan fingerprint density at radius 2 is 1.76 bits per heavy atom. The van der Waals surface area contributed by atoms with Gasteiger partial charge in [-0.3, -0.25) is 4.79 Å². The van der Waals surface area contributed by atoms with E-state index in [1.54, 1.807) is 31.2 Å². The fourth-order valence-corrected chi connectivity index (χ4v) is 2.16. The van der Waals surface area contributed by atoms with Crippen LogP contribution >= 0.6 is 11.6 Å². The molecule has 0 saturated heterocycles. The molecule has 0 aliphatic rings. The Labute approximate surface area is 127 Å². The third-order valence-electron chi connectivity index (χ3n) is 3.16. The molecule has 0 radical (unpaired) electrons. The number of carboxylic acid groups (broad SMARTS) is 1. The molecule has 0 spiro atoms. The molecule has 2 rings (SSSR count). The first kappa shape index (κ1) is 15.1. The van der Waals surface area contributed by atoms with E-state index in [0.29, 0.717) is 21.8 Å². The Morgan fingerprint density at radius 1 is 1.05 bits per heavy atom. The van der Waals surface area contributed by atoms with Crippen LogP contribution in [0.25, 0.3) is 0 Å². The number of anilines is 1. The van der Waals surface area contributed by atoms with Crippen molar-refractivity contribution in [1.82, 2.24) is 0 Å². The normalized spacial score (nSPS) is 10.2. The van der Waals surface area contributed by atoms with Crippen LogP contribution in [0.2, 0.25) is 5.02 Å². The number of halogens is 1. The fraction of sp³-hybridized carbons (Fsp3) is 0.125. The predicted molar refractivity (Wildman–Crippen MR) is 82.3 cm³/mol. The number of hydrogen-bond donors (Lipinski definition) is 2. The summed E-state index contributed by atoms with van der Waals surface area (Å²) in [5.41, 5.74) is 2.37. The smallest absolute Gasteiger partial charge is 0.336 e. The zero-order valence-electron chi connectivity index (χ0n) is 11.6. The second kappa shape index (κ2) is 5.97. The number of nitrogens with one attached hydrogen (secondary N) is 1. The van der Waals surface area contributed by atoms with Crippen LogP contribution in [-0.2, 0) is 0 Å². The minimum atomic E-state index is -1.03. The SMILES string of the molecule is Cc1ccc(NC(=O)c2cccc(C)c2Cl)cc1C(=O)O. The number of carbonyl (C=O) groups is 2. The molecule has 0 heterocycles. The van der Waals surface area contributed by atoms with Crippen molar-refractivity contribution in [2.24, 2.45) is 0 Å². The van der Waals surface area contributed by atoms with Gasteiger partial charge in [0, 0.05) is 5.69 Å². The van der Waals surface area contributed by atoms with Gasteiger partial charge in [-0.15, -0.1) is 0 Å². The van der Waals surface area contributed by atoms with Crippen LogP contribution in [0.4, 0.5) is 5.69 Å². The lowest BCUT2D eigenvalue weighted by atomic mass is 10.1. The van der Waals surface area contributed by atoms with E-state index in [1.807, 2.05) is 13.0 Å². The molecule has 21 heavy (non-hydrogen) atoms. The van der Waals surface area contributed by atoms with Crippen LogP contribution in [0, 0.1) is 13.8 Å². The summed E-state index contributed by atoms with van der Waals surface area (Å²) in [7, 11) is 0. The minimum absolute atomic E-state index is 0.156. The molecular weight excluding hydrogens is 290 g/mol. The van der Waals surface area contributed by atoms with E-state index in [-0.39, 0.29) is 11.5 Å². The summed E-state index contributed by atoms with van der Waals surface area (Å²) in [6, 6.07) is 9.91. The van der Waals surface area contributed by atoms with Crippen molar-refractivity contribution in [1.29, 1.82) is 0 Å². The van der Waals surface area contributed by atoms with Gasteiger partial charge in [-0.2, -0.15) is 0 Å². The van der Waals surface area contributed by atoms with Gasteiger partial charge in [0.05, 0.1) is 16.1 Å².